The highest BCUT2D eigenvalue weighted by Crippen LogP contribution is 2.21. The Labute approximate surface area is 167 Å². The van der Waals surface area contributed by atoms with Crippen LogP contribution in [0.2, 0.25) is 0 Å². The predicted octanol–water partition coefficient (Wildman–Crippen LogP) is 1.66. The molecule has 1 aromatic carbocycles. The molecule has 2 aromatic rings. The molecule has 0 atom stereocenters. The molecule has 1 N–H and O–H groups in total. The van der Waals surface area contributed by atoms with E-state index in [0.29, 0.717) is 31.1 Å². The zero-order valence-electron chi connectivity index (χ0n) is 15.9. The van der Waals surface area contributed by atoms with Gasteiger partial charge in [0.15, 0.2) is 0 Å². The van der Waals surface area contributed by atoms with Crippen LogP contribution in [-0.2, 0) is 4.74 Å². The first-order chi connectivity index (χ1) is 14.2. The summed E-state index contributed by atoms with van der Waals surface area (Å²) in [4.78, 5) is 28.2. The third-order valence-electron chi connectivity index (χ3n) is 4.78. The number of benzene rings is 1. The van der Waals surface area contributed by atoms with Gasteiger partial charge in [-0.3, -0.25) is 10.1 Å². The van der Waals surface area contributed by atoms with Gasteiger partial charge in [-0.2, -0.15) is 20.1 Å². The van der Waals surface area contributed by atoms with Crippen LogP contribution >= 0.6 is 0 Å². The summed E-state index contributed by atoms with van der Waals surface area (Å²) < 4.78 is 5.41. The van der Waals surface area contributed by atoms with Gasteiger partial charge in [0.2, 0.25) is 17.8 Å². The van der Waals surface area contributed by atoms with Gasteiger partial charge >= 0.3 is 0 Å². The maximum absolute atomic E-state index is 10.7. The number of nitro benzene ring substituents is 1. The number of hydrazone groups is 1. The Kier molecular flexibility index (Phi) is 5.75. The van der Waals surface area contributed by atoms with Crippen LogP contribution in [0.5, 0.6) is 0 Å². The van der Waals surface area contributed by atoms with Gasteiger partial charge in [-0.1, -0.05) is 0 Å². The summed E-state index contributed by atoms with van der Waals surface area (Å²) >= 11 is 0. The van der Waals surface area contributed by atoms with E-state index in [2.05, 4.69) is 35.3 Å². The molecule has 11 heteroatoms. The second-order valence-corrected chi connectivity index (χ2v) is 6.77. The highest BCUT2D eigenvalue weighted by Gasteiger charge is 2.21. The molecule has 2 aliphatic rings. The molecule has 2 fully saturated rings. The molecule has 0 saturated carbocycles. The smallest absolute Gasteiger partial charge is 0.269 e. The van der Waals surface area contributed by atoms with Crippen molar-refractivity contribution in [2.24, 2.45) is 5.10 Å². The average molecular weight is 398 g/mol. The number of non-ortho nitro benzene ring substituents is 1. The van der Waals surface area contributed by atoms with Gasteiger partial charge in [0.25, 0.3) is 5.69 Å². The van der Waals surface area contributed by atoms with Crippen molar-refractivity contribution in [3.8, 4) is 0 Å². The van der Waals surface area contributed by atoms with E-state index in [1.807, 2.05) is 0 Å². The fourth-order valence-corrected chi connectivity index (χ4v) is 3.21. The number of hydrogen-bond acceptors (Lipinski definition) is 10. The van der Waals surface area contributed by atoms with Crippen LogP contribution in [0, 0.1) is 10.1 Å². The number of nitrogens with zero attached hydrogens (tertiary/aromatic N) is 7. The Bertz CT molecular complexity index is 877. The number of morpholine rings is 1. The summed E-state index contributed by atoms with van der Waals surface area (Å²) in [5.74, 6) is 1.62. The topological polar surface area (TPSA) is 122 Å². The minimum Gasteiger partial charge on any atom is -0.378 e. The summed E-state index contributed by atoms with van der Waals surface area (Å²) in [6.07, 6.45) is 3.82. The summed E-state index contributed by atoms with van der Waals surface area (Å²) in [5, 5.41) is 14.9. The van der Waals surface area contributed by atoms with Crippen molar-refractivity contribution in [3.63, 3.8) is 0 Å². The van der Waals surface area contributed by atoms with Gasteiger partial charge in [0.1, 0.15) is 0 Å². The average Bonchev–Trinajstić information content (AvgIpc) is 3.30. The largest absolute Gasteiger partial charge is 0.378 e. The molecule has 0 unspecified atom stereocenters. The van der Waals surface area contributed by atoms with Gasteiger partial charge in [0, 0.05) is 38.3 Å². The van der Waals surface area contributed by atoms with Crippen LogP contribution in [0.3, 0.4) is 0 Å². The van der Waals surface area contributed by atoms with Crippen LogP contribution in [0.4, 0.5) is 23.5 Å². The van der Waals surface area contributed by atoms with E-state index in [1.165, 1.54) is 12.1 Å². The van der Waals surface area contributed by atoms with Crippen molar-refractivity contribution in [1.82, 2.24) is 15.0 Å². The second kappa shape index (κ2) is 8.78. The molecule has 152 valence electrons. The summed E-state index contributed by atoms with van der Waals surface area (Å²) in [6.45, 7) is 4.61. The van der Waals surface area contributed by atoms with E-state index < -0.39 is 4.92 Å². The standard InChI is InChI=1S/C18H22N8O3/c27-26(28)15-5-3-14(4-6-15)13-19-23-16-20-17(24-7-1-2-8-24)22-18(21-16)25-9-11-29-12-10-25/h3-6,13H,1-2,7-12H2,(H,20,21,22,23)/b19-13+. The minimum absolute atomic E-state index is 0.0398. The number of rotatable bonds is 6. The Morgan fingerprint density at radius 1 is 1.00 bits per heavy atom. The van der Waals surface area contributed by atoms with Gasteiger partial charge in [-0.05, 0) is 30.5 Å². The molecule has 2 saturated heterocycles. The van der Waals surface area contributed by atoms with Crippen molar-refractivity contribution in [2.45, 2.75) is 12.8 Å². The summed E-state index contributed by atoms with van der Waals surface area (Å²) in [6, 6.07) is 6.13. The Morgan fingerprint density at radius 2 is 1.62 bits per heavy atom. The molecule has 11 nitrogen and oxygen atoms in total. The van der Waals surface area contributed by atoms with Crippen molar-refractivity contribution in [3.05, 3.63) is 39.9 Å². The van der Waals surface area contributed by atoms with Gasteiger partial charge in [0.05, 0.1) is 24.4 Å². The predicted molar refractivity (Wildman–Crippen MR) is 109 cm³/mol. The Hall–Kier alpha value is -3.34. The van der Waals surface area contributed by atoms with E-state index >= 15 is 0 Å². The molecule has 1 aromatic heterocycles. The van der Waals surface area contributed by atoms with Crippen molar-refractivity contribution >= 4 is 29.7 Å². The Morgan fingerprint density at radius 3 is 2.24 bits per heavy atom. The number of aromatic nitrogens is 3. The number of nitro groups is 1. The van der Waals surface area contributed by atoms with Crippen LogP contribution in [0.15, 0.2) is 29.4 Å². The monoisotopic (exact) mass is 398 g/mol. The van der Waals surface area contributed by atoms with Gasteiger partial charge < -0.3 is 14.5 Å². The third-order valence-corrected chi connectivity index (χ3v) is 4.78. The lowest BCUT2D eigenvalue weighted by Crippen LogP contribution is -2.38. The molecule has 4 rings (SSSR count). The molecule has 2 aliphatic heterocycles. The van der Waals surface area contributed by atoms with E-state index in [-0.39, 0.29) is 5.69 Å². The molecule has 0 amide bonds. The molecule has 3 heterocycles. The summed E-state index contributed by atoms with van der Waals surface area (Å²) in [5.41, 5.74) is 3.63. The lowest BCUT2D eigenvalue weighted by molar-refractivity contribution is -0.384. The number of ether oxygens (including phenoxy) is 1. The van der Waals surface area contributed by atoms with E-state index in [9.17, 15) is 10.1 Å². The number of hydrogen-bond donors (Lipinski definition) is 1. The van der Waals surface area contributed by atoms with E-state index in [1.54, 1.807) is 18.3 Å². The fraction of sp³-hybridized carbons (Fsp3) is 0.444. The van der Waals surface area contributed by atoms with Crippen molar-refractivity contribution in [2.75, 3.05) is 54.6 Å². The minimum atomic E-state index is -0.434. The quantitative estimate of drug-likeness (QED) is 0.440. The molecule has 0 spiro atoms. The molecule has 0 aliphatic carbocycles. The highest BCUT2D eigenvalue weighted by molar-refractivity contribution is 5.80. The molecule has 0 bridgehead atoms. The zero-order valence-corrected chi connectivity index (χ0v) is 15.9. The highest BCUT2D eigenvalue weighted by atomic mass is 16.6. The maximum atomic E-state index is 10.7. The molecule has 29 heavy (non-hydrogen) atoms. The first-order valence-corrected chi connectivity index (χ1v) is 9.56. The van der Waals surface area contributed by atoms with Gasteiger partial charge in [-0.25, -0.2) is 5.43 Å². The van der Waals surface area contributed by atoms with Crippen LogP contribution < -0.4 is 15.2 Å². The SMILES string of the molecule is O=[N+]([O-])c1ccc(/C=N/Nc2nc(N3CCCC3)nc(N3CCOCC3)n2)cc1. The van der Waals surface area contributed by atoms with Crippen molar-refractivity contribution in [1.29, 1.82) is 0 Å². The number of anilines is 3. The fourth-order valence-electron chi connectivity index (χ4n) is 3.21. The van der Waals surface area contributed by atoms with E-state index in [4.69, 9.17) is 4.74 Å². The lowest BCUT2D eigenvalue weighted by Gasteiger charge is -2.27. The molecular weight excluding hydrogens is 376 g/mol. The van der Waals surface area contributed by atoms with E-state index in [0.717, 1.165) is 44.6 Å². The van der Waals surface area contributed by atoms with Crippen LogP contribution in [0.1, 0.15) is 18.4 Å². The molecule has 0 radical (unpaired) electrons. The zero-order chi connectivity index (χ0) is 20.1. The van der Waals surface area contributed by atoms with Gasteiger partial charge in [-0.15, -0.1) is 0 Å². The first kappa shape index (κ1) is 19.0. The third kappa shape index (κ3) is 4.74. The van der Waals surface area contributed by atoms with Crippen LogP contribution in [-0.4, -0.2) is 65.5 Å². The normalized spacial score (nSPS) is 17.1. The van der Waals surface area contributed by atoms with Crippen molar-refractivity contribution < 1.29 is 9.66 Å². The Balaban J connectivity index is 1.51. The summed E-state index contributed by atoms with van der Waals surface area (Å²) in [7, 11) is 0. The molecular formula is C18H22N8O3. The maximum Gasteiger partial charge on any atom is 0.269 e. The lowest BCUT2D eigenvalue weighted by atomic mass is 10.2. The van der Waals surface area contributed by atoms with Crippen LogP contribution in [0.25, 0.3) is 0 Å². The number of nitrogens with one attached hydrogen (secondary N) is 1. The first-order valence-electron chi connectivity index (χ1n) is 9.56. The second-order valence-electron chi connectivity index (χ2n) is 6.77.